The first kappa shape index (κ1) is 5.54. The minimum absolute atomic E-state index is 0.404. The fraction of sp³-hybridized carbons (Fsp3) is 1.00. The molecule has 1 heterocycles. The lowest BCUT2D eigenvalue weighted by molar-refractivity contribution is -0.0914. The maximum absolute atomic E-state index is 4.91. The predicted molar refractivity (Wildman–Crippen MR) is 29.5 cm³/mol. The average Bonchev–Trinajstić information content (AvgIpc) is 1.69. The Morgan fingerprint density at radius 3 is 2.14 bits per heavy atom. The quantitative estimate of drug-likeness (QED) is 0.495. The van der Waals surface area contributed by atoms with E-state index in [1.807, 2.05) is 0 Å². The van der Waals surface area contributed by atoms with Crippen LogP contribution in [0.15, 0.2) is 0 Å². The van der Waals surface area contributed by atoms with Gasteiger partial charge in [0.05, 0.1) is 18.0 Å². The van der Waals surface area contributed by atoms with E-state index in [1.165, 1.54) is 0 Å². The number of halogens is 1. The van der Waals surface area contributed by atoms with Crippen LogP contribution in [0.5, 0.6) is 0 Å². The summed E-state index contributed by atoms with van der Waals surface area (Å²) in [6.07, 6.45) is 0. The molecule has 0 unspecified atom stereocenters. The number of alkyl halides is 1. The molecular weight excluding hydrogens is 160 g/mol. The van der Waals surface area contributed by atoms with Crippen molar-refractivity contribution in [2.75, 3.05) is 20.0 Å². The number of hydrogen-bond donors (Lipinski definition) is 0. The van der Waals surface area contributed by atoms with Crippen molar-refractivity contribution in [2.45, 2.75) is 4.83 Å². The van der Waals surface area contributed by atoms with E-state index < -0.39 is 0 Å². The topological polar surface area (TPSA) is 18.5 Å². The van der Waals surface area contributed by atoms with Crippen molar-refractivity contribution in [3.05, 3.63) is 0 Å². The van der Waals surface area contributed by atoms with Crippen LogP contribution in [0.4, 0.5) is 0 Å². The van der Waals surface area contributed by atoms with E-state index in [0.717, 1.165) is 13.2 Å². The second-order valence-corrected chi connectivity index (χ2v) is 2.75. The van der Waals surface area contributed by atoms with Crippen LogP contribution in [0.1, 0.15) is 0 Å². The van der Waals surface area contributed by atoms with Gasteiger partial charge in [0.2, 0.25) is 0 Å². The molecule has 0 aromatic rings. The summed E-state index contributed by atoms with van der Waals surface area (Å²) in [7, 11) is 0. The molecule has 0 aromatic heterocycles. The highest BCUT2D eigenvalue weighted by atomic mass is 79.9. The van der Waals surface area contributed by atoms with Gasteiger partial charge in [-0.1, -0.05) is 15.9 Å². The zero-order chi connectivity index (χ0) is 5.11. The molecule has 0 aromatic carbocycles. The number of hydrogen-bond acceptors (Lipinski definition) is 2. The van der Waals surface area contributed by atoms with Crippen molar-refractivity contribution in [3.8, 4) is 0 Å². The van der Waals surface area contributed by atoms with E-state index in [-0.39, 0.29) is 0 Å². The monoisotopic (exact) mass is 166 g/mol. The molecular formula is C4H7BrO2. The maximum atomic E-state index is 4.91. The van der Waals surface area contributed by atoms with Gasteiger partial charge < -0.3 is 9.47 Å². The third-order valence-electron chi connectivity index (χ3n) is 0.764. The van der Waals surface area contributed by atoms with Gasteiger partial charge in [0, 0.05) is 0 Å². The summed E-state index contributed by atoms with van der Waals surface area (Å²) < 4.78 is 9.83. The summed E-state index contributed by atoms with van der Waals surface area (Å²) in [6, 6.07) is 0. The van der Waals surface area contributed by atoms with Crippen molar-refractivity contribution in [2.24, 2.45) is 0 Å². The zero-order valence-corrected chi connectivity index (χ0v) is 5.48. The molecule has 0 aliphatic carbocycles. The van der Waals surface area contributed by atoms with E-state index >= 15 is 0 Å². The first-order chi connectivity index (χ1) is 3.39. The van der Waals surface area contributed by atoms with Gasteiger partial charge in [-0.3, -0.25) is 0 Å². The Morgan fingerprint density at radius 2 is 1.86 bits per heavy atom. The van der Waals surface area contributed by atoms with Gasteiger partial charge in [0.1, 0.15) is 6.79 Å². The second-order valence-electron chi connectivity index (χ2n) is 1.46. The molecule has 0 amide bonds. The first-order valence-corrected chi connectivity index (χ1v) is 3.11. The molecule has 0 saturated carbocycles. The molecule has 42 valence electrons. The smallest absolute Gasteiger partial charge is 0.146 e. The molecule has 1 saturated heterocycles. The van der Waals surface area contributed by atoms with Gasteiger partial charge in [-0.25, -0.2) is 0 Å². The molecule has 7 heavy (non-hydrogen) atoms. The van der Waals surface area contributed by atoms with E-state index in [9.17, 15) is 0 Å². The van der Waals surface area contributed by atoms with Crippen LogP contribution in [0.2, 0.25) is 0 Å². The third kappa shape index (κ3) is 1.76. The summed E-state index contributed by atoms with van der Waals surface area (Å²) in [5.41, 5.74) is 0. The van der Waals surface area contributed by atoms with Crippen LogP contribution < -0.4 is 0 Å². The van der Waals surface area contributed by atoms with Crippen LogP contribution in [0.3, 0.4) is 0 Å². The molecule has 3 heteroatoms. The van der Waals surface area contributed by atoms with Gasteiger partial charge in [0.25, 0.3) is 0 Å². The van der Waals surface area contributed by atoms with Crippen LogP contribution in [-0.4, -0.2) is 24.8 Å². The molecule has 0 bridgehead atoms. The second kappa shape index (κ2) is 2.64. The SMILES string of the molecule is BrC1COCOC1. The highest BCUT2D eigenvalue weighted by Crippen LogP contribution is 2.04. The Bertz CT molecular complexity index is 51.7. The molecule has 0 radical (unpaired) electrons. The van der Waals surface area contributed by atoms with Crippen molar-refractivity contribution in [1.82, 2.24) is 0 Å². The minimum Gasteiger partial charge on any atom is -0.354 e. The lowest BCUT2D eigenvalue weighted by Gasteiger charge is -2.16. The Kier molecular flexibility index (Phi) is 2.09. The molecule has 0 atom stereocenters. The molecule has 1 rings (SSSR count). The average molecular weight is 167 g/mol. The molecule has 1 aliphatic heterocycles. The highest BCUT2D eigenvalue weighted by molar-refractivity contribution is 9.09. The van der Waals surface area contributed by atoms with Crippen LogP contribution in [-0.2, 0) is 9.47 Å². The van der Waals surface area contributed by atoms with E-state index in [1.54, 1.807) is 0 Å². The fourth-order valence-electron chi connectivity index (χ4n) is 0.459. The Balaban J connectivity index is 2.12. The standard InChI is InChI=1S/C4H7BrO2/c5-4-1-6-3-7-2-4/h4H,1-3H2. The van der Waals surface area contributed by atoms with Crippen molar-refractivity contribution in [3.63, 3.8) is 0 Å². The third-order valence-corrected chi connectivity index (χ3v) is 1.29. The Morgan fingerprint density at radius 1 is 1.29 bits per heavy atom. The fourth-order valence-corrected chi connectivity index (χ4v) is 0.833. The van der Waals surface area contributed by atoms with E-state index in [0.29, 0.717) is 11.6 Å². The summed E-state index contributed by atoms with van der Waals surface area (Å²) in [5.74, 6) is 0. The normalized spacial score (nSPS) is 25.3. The van der Waals surface area contributed by atoms with E-state index in [4.69, 9.17) is 9.47 Å². The van der Waals surface area contributed by atoms with Gasteiger partial charge in [-0.15, -0.1) is 0 Å². The Labute approximate surface area is 50.9 Å². The Hall–Kier alpha value is 0.400. The maximum Gasteiger partial charge on any atom is 0.146 e. The van der Waals surface area contributed by atoms with Crippen molar-refractivity contribution >= 4 is 15.9 Å². The molecule has 0 spiro atoms. The summed E-state index contributed by atoms with van der Waals surface area (Å²) in [6.45, 7) is 2.02. The first-order valence-electron chi connectivity index (χ1n) is 2.19. The van der Waals surface area contributed by atoms with Crippen molar-refractivity contribution < 1.29 is 9.47 Å². The van der Waals surface area contributed by atoms with Crippen LogP contribution in [0, 0.1) is 0 Å². The molecule has 2 nitrogen and oxygen atoms in total. The number of rotatable bonds is 0. The predicted octanol–water partition coefficient (Wildman–Crippen LogP) is 0.754. The molecule has 0 N–H and O–H groups in total. The van der Waals surface area contributed by atoms with Gasteiger partial charge >= 0.3 is 0 Å². The summed E-state index contributed by atoms with van der Waals surface area (Å²) >= 11 is 3.34. The summed E-state index contributed by atoms with van der Waals surface area (Å²) in [5, 5.41) is 0. The van der Waals surface area contributed by atoms with Gasteiger partial charge in [0.15, 0.2) is 0 Å². The summed E-state index contributed by atoms with van der Waals surface area (Å²) in [4.78, 5) is 0.404. The minimum atomic E-state index is 0.404. The van der Waals surface area contributed by atoms with Gasteiger partial charge in [-0.2, -0.15) is 0 Å². The lowest BCUT2D eigenvalue weighted by atomic mass is 10.5. The molecule has 1 aliphatic rings. The van der Waals surface area contributed by atoms with Crippen molar-refractivity contribution in [1.29, 1.82) is 0 Å². The highest BCUT2D eigenvalue weighted by Gasteiger charge is 2.08. The van der Waals surface area contributed by atoms with Crippen LogP contribution >= 0.6 is 15.9 Å². The number of ether oxygens (including phenoxy) is 2. The largest absolute Gasteiger partial charge is 0.354 e. The van der Waals surface area contributed by atoms with Crippen LogP contribution in [0.25, 0.3) is 0 Å². The van der Waals surface area contributed by atoms with Gasteiger partial charge in [-0.05, 0) is 0 Å². The molecule has 1 fully saturated rings. The lowest BCUT2D eigenvalue weighted by Crippen LogP contribution is -2.23. The zero-order valence-electron chi connectivity index (χ0n) is 3.89. The van der Waals surface area contributed by atoms with E-state index in [2.05, 4.69) is 15.9 Å².